The van der Waals surface area contributed by atoms with Gasteiger partial charge in [-0.15, -0.1) is 0 Å². The first-order chi connectivity index (χ1) is 11.2. The SMILES string of the molecule is C=C(C)C(=O)NCCCN(CC)CC.O=S(=O)(O)c1ccccc1. The Hall–Kier alpha value is -1.70. The predicted octanol–water partition coefficient (Wildman–Crippen LogP) is 2.34. The summed E-state index contributed by atoms with van der Waals surface area (Å²) in [4.78, 5) is 13.4. The van der Waals surface area contributed by atoms with E-state index in [1.54, 1.807) is 25.1 Å². The molecule has 1 aromatic carbocycles. The summed E-state index contributed by atoms with van der Waals surface area (Å²) >= 11 is 0. The molecule has 24 heavy (non-hydrogen) atoms. The van der Waals surface area contributed by atoms with Crippen molar-refractivity contribution in [3.8, 4) is 0 Å². The van der Waals surface area contributed by atoms with Crippen molar-refractivity contribution >= 4 is 16.0 Å². The Balaban J connectivity index is 0.000000463. The summed E-state index contributed by atoms with van der Waals surface area (Å²) in [6.07, 6.45) is 1.00. The highest BCUT2D eigenvalue weighted by Gasteiger charge is 2.05. The molecule has 0 saturated heterocycles. The van der Waals surface area contributed by atoms with Crippen molar-refractivity contribution in [2.45, 2.75) is 32.1 Å². The first-order valence-electron chi connectivity index (χ1n) is 7.90. The number of hydrogen-bond donors (Lipinski definition) is 2. The molecule has 2 N–H and O–H groups in total. The molecular formula is C17H28N2O4S. The van der Waals surface area contributed by atoms with Crippen molar-refractivity contribution < 1.29 is 17.8 Å². The number of hydrogen-bond acceptors (Lipinski definition) is 4. The van der Waals surface area contributed by atoms with E-state index in [0.717, 1.165) is 32.6 Å². The average Bonchev–Trinajstić information content (AvgIpc) is 2.55. The molecule has 0 aliphatic rings. The molecule has 7 heteroatoms. The molecule has 6 nitrogen and oxygen atoms in total. The van der Waals surface area contributed by atoms with Gasteiger partial charge in [-0.1, -0.05) is 38.6 Å². The third-order valence-corrected chi connectivity index (χ3v) is 4.13. The fourth-order valence-corrected chi connectivity index (χ4v) is 2.29. The van der Waals surface area contributed by atoms with Crippen LogP contribution in [0.5, 0.6) is 0 Å². The summed E-state index contributed by atoms with van der Waals surface area (Å²) in [7, 11) is -4.00. The van der Waals surface area contributed by atoms with Crippen LogP contribution in [0.2, 0.25) is 0 Å². The van der Waals surface area contributed by atoms with Gasteiger partial charge in [0.05, 0.1) is 4.90 Å². The Labute approximate surface area is 145 Å². The van der Waals surface area contributed by atoms with Crippen molar-refractivity contribution in [2.75, 3.05) is 26.2 Å². The zero-order valence-electron chi connectivity index (χ0n) is 14.7. The maximum Gasteiger partial charge on any atom is 0.294 e. The Morgan fingerprint density at radius 1 is 1.21 bits per heavy atom. The van der Waals surface area contributed by atoms with E-state index in [4.69, 9.17) is 4.55 Å². The molecule has 0 aliphatic carbocycles. The quantitative estimate of drug-likeness (QED) is 0.424. The van der Waals surface area contributed by atoms with Crippen LogP contribution in [-0.2, 0) is 14.9 Å². The van der Waals surface area contributed by atoms with Crippen molar-refractivity contribution in [3.05, 3.63) is 42.5 Å². The molecule has 136 valence electrons. The summed E-state index contributed by atoms with van der Waals surface area (Å²) in [6, 6.07) is 7.42. The lowest BCUT2D eigenvalue weighted by molar-refractivity contribution is -0.117. The highest BCUT2D eigenvalue weighted by atomic mass is 32.2. The minimum Gasteiger partial charge on any atom is -0.352 e. The molecule has 0 aliphatic heterocycles. The lowest BCUT2D eigenvalue weighted by atomic mass is 10.3. The molecule has 1 amide bonds. The van der Waals surface area contributed by atoms with Gasteiger partial charge in [-0.25, -0.2) is 0 Å². The van der Waals surface area contributed by atoms with Crippen LogP contribution in [0.4, 0.5) is 0 Å². The molecule has 0 aromatic heterocycles. The minimum atomic E-state index is -4.00. The number of nitrogens with one attached hydrogen (secondary N) is 1. The summed E-state index contributed by atoms with van der Waals surface area (Å²) in [5.74, 6) is -0.0375. The van der Waals surface area contributed by atoms with Gasteiger partial charge in [0.25, 0.3) is 10.1 Å². The molecule has 0 unspecified atom stereocenters. The van der Waals surface area contributed by atoms with E-state index < -0.39 is 10.1 Å². The van der Waals surface area contributed by atoms with Crippen LogP contribution < -0.4 is 5.32 Å². The summed E-state index contributed by atoms with van der Waals surface area (Å²) in [5.41, 5.74) is 0.577. The van der Waals surface area contributed by atoms with E-state index in [1.807, 2.05) is 0 Å². The van der Waals surface area contributed by atoms with Crippen LogP contribution in [0.3, 0.4) is 0 Å². The van der Waals surface area contributed by atoms with Crippen LogP contribution in [0.15, 0.2) is 47.4 Å². The third kappa shape index (κ3) is 10.1. The van der Waals surface area contributed by atoms with Crippen LogP contribution in [0.1, 0.15) is 27.2 Å². The molecular weight excluding hydrogens is 328 g/mol. The maximum absolute atomic E-state index is 11.1. The highest BCUT2D eigenvalue weighted by molar-refractivity contribution is 7.85. The molecule has 0 fully saturated rings. The maximum atomic E-state index is 11.1. The van der Waals surface area contributed by atoms with Gasteiger partial charge >= 0.3 is 0 Å². The molecule has 0 heterocycles. The number of nitrogens with zero attached hydrogens (tertiary/aromatic N) is 1. The summed E-state index contributed by atoms with van der Waals surface area (Å²) in [6.45, 7) is 13.5. The smallest absolute Gasteiger partial charge is 0.294 e. The molecule has 0 atom stereocenters. The Kier molecular flexibility index (Phi) is 10.9. The second kappa shape index (κ2) is 11.8. The van der Waals surface area contributed by atoms with E-state index in [0.29, 0.717) is 5.57 Å². The zero-order chi connectivity index (χ0) is 18.6. The lowest BCUT2D eigenvalue weighted by Crippen LogP contribution is -2.30. The van der Waals surface area contributed by atoms with E-state index in [1.165, 1.54) is 12.1 Å². The first kappa shape index (κ1) is 22.3. The first-order valence-corrected chi connectivity index (χ1v) is 9.34. The average molecular weight is 356 g/mol. The van der Waals surface area contributed by atoms with E-state index in [2.05, 4.69) is 30.6 Å². The predicted molar refractivity (Wildman–Crippen MR) is 96.5 cm³/mol. The fourth-order valence-electron chi connectivity index (χ4n) is 1.79. The van der Waals surface area contributed by atoms with Gasteiger partial charge in [-0.05, 0) is 45.1 Å². The number of carbonyl (C=O) groups is 1. The van der Waals surface area contributed by atoms with Crippen molar-refractivity contribution in [2.24, 2.45) is 0 Å². The van der Waals surface area contributed by atoms with E-state index >= 15 is 0 Å². The van der Waals surface area contributed by atoms with Gasteiger partial charge < -0.3 is 10.2 Å². The molecule has 0 saturated carbocycles. The fraction of sp³-hybridized carbons (Fsp3) is 0.471. The lowest BCUT2D eigenvalue weighted by Gasteiger charge is -2.17. The summed E-state index contributed by atoms with van der Waals surface area (Å²) in [5, 5.41) is 2.82. The largest absolute Gasteiger partial charge is 0.352 e. The van der Waals surface area contributed by atoms with Gasteiger partial charge in [0, 0.05) is 12.1 Å². The Morgan fingerprint density at radius 2 is 1.75 bits per heavy atom. The van der Waals surface area contributed by atoms with Gasteiger partial charge in [-0.2, -0.15) is 8.42 Å². The highest BCUT2D eigenvalue weighted by Crippen LogP contribution is 2.05. The van der Waals surface area contributed by atoms with E-state index in [9.17, 15) is 13.2 Å². The monoisotopic (exact) mass is 356 g/mol. The number of rotatable bonds is 8. The second-order valence-electron chi connectivity index (χ2n) is 5.20. The summed E-state index contributed by atoms with van der Waals surface area (Å²) < 4.78 is 29.2. The number of amides is 1. The van der Waals surface area contributed by atoms with Crippen LogP contribution in [0.25, 0.3) is 0 Å². The van der Waals surface area contributed by atoms with Crippen molar-refractivity contribution in [3.63, 3.8) is 0 Å². The van der Waals surface area contributed by atoms with Crippen LogP contribution in [-0.4, -0.2) is 50.0 Å². The normalized spacial score (nSPS) is 10.7. The Morgan fingerprint density at radius 3 is 2.12 bits per heavy atom. The van der Waals surface area contributed by atoms with Gasteiger partial charge in [0.1, 0.15) is 0 Å². The zero-order valence-corrected chi connectivity index (χ0v) is 15.5. The third-order valence-electron chi connectivity index (χ3n) is 3.26. The molecule has 1 aromatic rings. The van der Waals surface area contributed by atoms with Crippen molar-refractivity contribution in [1.82, 2.24) is 10.2 Å². The minimum absolute atomic E-state index is 0.0375. The van der Waals surface area contributed by atoms with Crippen molar-refractivity contribution in [1.29, 1.82) is 0 Å². The Bertz CT molecular complexity index is 596. The molecule has 0 bridgehead atoms. The van der Waals surface area contributed by atoms with Gasteiger partial charge in [0.15, 0.2) is 0 Å². The number of benzene rings is 1. The number of carbonyl (C=O) groups excluding carboxylic acids is 1. The molecule has 1 rings (SSSR count). The topological polar surface area (TPSA) is 86.7 Å². The van der Waals surface area contributed by atoms with Gasteiger partial charge in [-0.3, -0.25) is 9.35 Å². The second-order valence-corrected chi connectivity index (χ2v) is 6.63. The molecule has 0 radical (unpaired) electrons. The van der Waals surface area contributed by atoms with Gasteiger partial charge in [0.2, 0.25) is 5.91 Å². The molecule has 0 spiro atoms. The van der Waals surface area contributed by atoms with Crippen LogP contribution >= 0.6 is 0 Å². The van der Waals surface area contributed by atoms with Crippen LogP contribution in [0, 0.1) is 0 Å². The van der Waals surface area contributed by atoms with E-state index in [-0.39, 0.29) is 10.8 Å². The standard InChI is InChI=1S/C11H22N2O.C6H6O3S/c1-5-13(6-2)9-7-8-12-11(14)10(3)4;7-10(8,9)6-4-2-1-3-5-6/h3,5-9H2,1-2,4H3,(H,12,14);1-5H,(H,7,8,9).